The second kappa shape index (κ2) is 14.0. The number of nitrogens with one attached hydrogen (secondary N) is 2. The molecule has 0 unspecified atom stereocenters. The molecule has 2 heterocycles. The molecule has 2 aromatic carbocycles. The highest BCUT2D eigenvalue weighted by Gasteiger charge is 2.39. The van der Waals surface area contributed by atoms with Crippen molar-refractivity contribution in [3.05, 3.63) is 84.1 Å². The van der Waals surface area contributed by atoms with Gasteiger partial charge in [-0.1, -0.05) is 36.4 Å². The molecule has 2 atom stereocenters. The zero-order valence-corrected chi connectivity index (χ0v) is 24.8. The molecule has 1 saturated heterocycles. The standard InChI is InChI=1S/C32H41N5O5/c1-6-16-37-27(21-35-17-18-36(23(5)20-35)31(39)33-22(3)4)28(30(38)41-7-2)29(34-32(37)40)24-12-11-15-26(19-24)42-25-13-9-8-10-14-25/h6,8-15,19,22-23,29H,1,7,16-18,20-21H2,2-5H3,(H,33,39)(H,34,40)/t23-,29+/m1/s1. The lowest BCUT2D eigenvalue weighted by molar-refractivity contribution is -0.139. The Hall–Kier alpha value is -4.31. The van der Waals surface area contributed by atoms with Crippen LogP contribution in [-0.4, -0.2) is 84.1 Å². The van der Waals surface area contributed by atoms with Crippen LogP contribution in [0.1, 0.15) is 39.3 Å². The van der Waals surface area contributed by atoms with Gasteiger partial charge in [-0.2, -0.15) is 0 Å². The van der Waals surface area contributed by atoms with E-state index in [4.69, 9.17) is 9.47 Å². The van der Waals surface area contributed by atoms with Crippen LogP contribution in [0.3, 0.4) is 0 Å². The van der Waals surface area contributed by atoms with E-state index in [0.717, 1.165) is 0 Å². The van der Waals surface area contributed by atoms with Gasteiger partial charge in [0.05, 0.1) is 18.2 Å². The van der Waals surface area contributed by atoms with Crippen LogP contribution in [0.5, 0.6) is 11.5 Å². The van der Waals surface area contributed by atoms with Crippen molar-refractivity contribution in [1.82, 2.24) is 25.3 Å². The lowest BCUT2D eigenvalue weighted by atomic mass is 9.93. The number of urea groups is 2. The van der Waals surface area contributed by atoms with Gasteiger partial charge < -0.3 is 25.0 Å². The molecule has 0 bridgehead atoms. The Bertz CT molecular complexity index is 1310. The van der Waals surface area contributed by atoms with E-state index < -0.39 is 12.0 Å². The van der Waals surface area contributed by atoms with E-state index in [0.29, 0.717) is 54.5 Å². The molecule has 0 spiro atoms. The Morgan fingerprint density at radius 3 is 2.52 bits per heavy atom. The molecular formula is C32H41N5O5. The van der Waals surface area contributed by atoms with Crippen LogP contribution in [-0.2, 0) is 9.53 Å². The quantitative estimate of drug-likeness (QED) is 0.315. The average Bonchev–Trinajstić information content (AvgIpc) is 2.95. The number of hydrogen-bond acceptors (Lipinski definition) is 6. The van der Waals surface area contributed by atoms with Crippen LogP contribution in [0.4, 0.5) is 9.59 Å². The van der Waals surface area contributed by atoms with Crippen LogP contribution in [0.25, 0.3) is 0 Å². The van der Waals surface area contributed by atoms with E-state index in [1.165, 1.54) is 0 Å². The Balaban J connectivity index is 1.68. The van der Waals surface area contributed by atoms with Gasteiger partial charge in [-0.25, -0.2) is 14.4 Å². The maximum atomic E-state index is 13.6. The molecule has 2 aromatic rings. The molecule has 42 heavy (non-hydrogen) atoms. The molecule has 224 valence electrons. The monoisotopic (exact) mass is 575 g/mol. The Labute approximate surface area is 247 Å². The lowest BCUT2D eigenvalue weighted by Crippen LogP contribution is -2.58. The summed E-state index contributed by atoms with van der Waals surface area (Å²) in [5, 5.41) is 5.97. The van der Waals surface area contributed by atoms with Gasteiger partial charge in [0, 0.05) is 50.5 Å². The van der Waals surface area contributed by atoms with Crippen LogP contribution >= 0.6 is 0 Å². The third-order valence-corrected chi connectivity index (χ3v) is 7.17. The molecule has 2 aliphatic rings. The number of nitrogens with zero attached hydrogens (tertiary/aromatic N) is 3. The molecule has 2 aliphatic heterocycles. The van der Waals surface area contributed by atoms with Crippen molar-refractivity contribution in [3.63, 3.8) is 0 Å². The normalized spacial score (nSPS) is 19.4. The molecule has 10 heteroatoms. The number of amides is 4. The van der Waals surface area contributed by atoms with Crippen molar-refractivity contribution in [3.8, 4) is 11.5 Å². The summed E-state index contributed by atoms with van der Waals surface area (Å²) in [5.74, 6) is 0.761. The van der Waals surface area contributed by atoms with E-state index in [2.05, 4.69) is 22.1 Å². The van der Waals surface area contributed by atoms with Crippen LogP contribution < -0.4 is 15.4 Å². The van der Waals surface area contributed by atoms with Crippen molar-refractivity contribution >= 4 is 18.0 Å². The summed E-state index contributed by atoms with van der Waals surface area (Å²) in [4.78, 5) is 45.3. The number of carbonyl (C=O) groups excluding carboxylic acids is 3. The second-order valence-corrected chi connectivity index (χ2v) is 10.7. The SMILES string of the molecule is C=CCN1C(=O)N[C@@H](c2cccc(Oc3ccccc3)c2)C(C(=O)OCC)=C1CN1CCN(C(=O)NC(C)C)[C@H](C)C1. The fourth-order valence-corrected chi connectivity index (χ4v) is 5.30. The summed E-state index contributed by atoms with van der Waals surface area (Å²) in [5.41, 5.74) is 1.62. The lowest BCUT2D eigenvalue weighted by Gasteiger charge is -2.43. The van der Waals surface area contributed by atoms with E-state index >= 15 is 0 Å². The summed E-state index contributed by atoms with van der Waals surface area (Å²) in [6.45, 7) is 13.9. The van der Waals surface area contributed by atoms with Gasteiger partial charge in [-0.15, -0.1) is 6.58 Å². The van der Waals surface area contributed by atoms with Crippen LogP contribution in [0.2, 0.25) is 0 Å². The number of para-hydroxylation sites is 1. The minimum atomic E-state index is -0.748. The predicted molar refractivity (Wildman–Crippen MR) is 161 cm³/mol. The summed E-state index contributed by atoms with van der Waals surface area (Å²) in [6.07, 6.45) is 1.63. The van der Waals surface area contributed by atoms with Crippen LogP contribution in [0, 0.1) is 0 Å². The second-order valence-electron chi connectivity index (χ2n) is 10.7. The maximum Gasteiger partial charge on any atom is 0.338 e. The molecule has 0 aliphatic carbocycles. The number of rotatable bonds is 10. The molecule has 0 saturated carbocycles. The van der Waals surface area contributed by atoms with Gasteiger partial charge in [0.15, 0.2) is 0 Å². The zero-order chi connectivity index (χ0) is 30.2. The zero-order valence-electron chi connectivity index (χ0n) is 24.8. The van der Waals surface area contributed by atoms with E-state index in [1.807, 2.05) is 80.3 Å². The van der Waals surface area contributed by atoms with Gasteiger partial charge in [-0.05, 0) is 57.5 Å². The third-order valence-electron chi connectivity index (χ3n) is 7.17. The largest absolute Gasteiger partial charge is 0.463 e. The molecule has 4 rings (SSSR count). The van der Waals surface area contributed by atoms with E-state index in [1.54, 1.807) is 17.9 Å². The highest BCUT2D eigenvalue weighted by Crippen LogP contribution is 2.34. The first-order valence-corrected chi connectivity index (χ1v) is 14.4. The third kappa shape index (κ3) is 7.30. The topological polar surface area (TPSA) is 103 Å². The molecule has 4 amide bonds. The first-order valence-electron chi connectivity index (χ1n) is 14.4. The van der Waals surface area contributed by atoms with Gasteiger partial charge in [0.2, 0.25) is 0 Å². The van der Waals surface area contributed by atoms with Gasteiger partial charge in [0.1, 0.15) is 11.5 Å². The van der Waals surface area contributed by atoms with Gasteiger partial charge in [-0.3, -0.25) is 9.80 Å². The van der Waals surface area contributed by atoms with Crippen molar-refractivity contribution in [1.29, 1.82) is 0 Å². The minimum Gasteiger partial charge on any atom is -0.463 e. The Kier molecular flexibility index (Phi) is 10.2. The Morgan fingerprint density at radius 1 is 1.12 bits per heavy atom. The summed E-state index contributed by atoms with van der Waals surface area (Å²) in [7, 11) is 0. The molecule has 0 aromatic heterocycles. The molecule has 1 fully saturated rings. The predicted octanol–water partition coefficient (Wildman–Crippen LogP) is 4.67. The number of carbonyl (C=O) groups is 3. The highest BCUT2D eigenvalue weighted by atomic mass is 16.5. The van der Waals surface area contributed by atoms with E-state index in [-0.39, 0.29) is 37.3 Å². The molecule has 0 radical (unpaired) electrons. The number of hydrogen-bond donors (Lipinski definition) is 2. The minimum absolute atomic E-state index is 0.0433. The smallest absolute Gasteiger partial charge is 0.338 e. The fourth-order valence-electron chi connectivity index (χ4n) is 5.30. The summed E-state index contributed by atoms with van der Waals surface area (Å²) in [6, 6.07) is 15.6. The van der Waals surface area contributed by atoms with Crippen molar-refractivity contribution in [2.45, 2.75) is 45.8 Å². The number of piperazine rings is 1. The highest BCUT2D eigenvalue weighted by molar-refractivity contribution is 5.95. The first kappa shape index (κ1) is 30.6. The maximum absolute atomic E-state index is 13.6. The molecule has 10 nitrogen and oxygen atoms in total. The first-order chi connectivity index (χ1) is 20.2. The van der Waals surface area contributed by atoms with Crippen LogP contribution in [0.15, 0.2) is 78.5 Å². The van der Waals surface area contributed by atoms with Gasteiger partial charge in [0.25, 0.3) is 0 Å². The van der Waals surface area contributed by atoms with Gasteiger partial charge >= 0.3 is 18.0 Å². The summed E-state index contributed by atoms with van der Waals surface area (Å²) < 4.78 is 11.6. The van der Waals surface area contributed by atoms with E-state index in [9.17, 15) is 14.4 Å². The fraction of sp³-hybridized carbons (Fsp3) is 0.406. The average molecular weight is 576 g/mol. The molecule has 2 N–H and O–H groups in total. The van der Waals surface area contributed by atoms with Crippen molar-refractivity contribution in [2.75, 3.05) is 39.3 Å². The molecular weight excluding hydrogens is 534 g/mol. The summed E-state index contributed by atoms with van der Waals surface area (Å²) >= 11 is 0. The Morgan fingerprint density at radius 2 is 1.86 bits per heavy atom. The van der Waals surface area contributed by atoms with Crippen molar-refractivity contribution < 1.29 is 23.9 Å². The van der Waals surface area contributed by atoms with Crippen molar-refractivity contribution in [2.24, 2.45) is 0 Å². The number of esters is 1. The number of benzene rings is 2. The number of ether oxygens (including phenoxy) is 2.